The first-order valence-electron chi connectivity index (χ1n) is 10.5. The highest BCUT2D eigenvalue weighted by molar-refractivity contribution is 5.75. The Morgan fingerprint density at radius 2 is 1.77 bits per heavy atom. The van der Waals surface area contributed by atoms with Crippen molar-refractivity contribution in [2.45, 2.75) is 38.8 Å². The van der Waals surface area contributed by atoms with Crippen molar-refractivity contribution in [1.29, 1.82) is 0 Å². The van der Waals surface area contributed by atoms with Gasteiger partial charge in [-0.3, -0.25) is 14.7 Å². The maximum Gasteiger partial charge on any atom is 0.242 e. The summed E-state index contributed by atoms with van der Waals surface area (Å²) in [6, 6.07) is 16.9. The van der Waals surface area contributed by atoms with Crippen LogP contribution in [-0.4, -0.2) is 40.1 Å². The molecule has 1 N–H and O–H groups in total. The smallest absolute Gasteiger partial charge is 0.242 e. The van der Waals surface area contributed by atoms with E-state index in [9.17, 15) is 9.18 Å². The van der Waals surface area contributed by atoms with Gasteiger partial charge in [0.15, 0.2) is 0 Å². The molecule has 1 amide bonds. The molecule has 0 radical (unpaired) electrons. The van der Waals surface area contributed by atoms with Gasteiger partial charge in [-0.05, 0) is 42.7 Å². The third-order valence-corrected chi connectivity index (χ3v) is 5.61. The second-order valence-electron chi connectivity index (χ2n) is 7.67. The highest BCUT2D eigenvalue weighted by atomic mass is 19.1. The van der Waals surface area contributed by atoms with Crippen molar-refractivity contribution in [1.82, 2.24) is 20.6 Å². The Hall–Kier alpha value is -2.90. The van der Waals surface area contributed by atoms with Gasteiger partial charge in [0.2, 0.25) is 5.91 Å². The highest BCUT2D eigenvalue weighted by Crippen LogP contribution is 2.24. The first-order valence-corrected chi connectivity index (χ1v) is 10.5. The summed E-state index contributed by atoms with van der Waals surface area (Å²) < 4.78 is 13.2. The standard InChI is InChI=1S/C23H28FN5O/c1-2-23(30)29(28-17-16-27(25-28)21-10-8-20(24)9-11-21)22-12-14-26(15-13-22)18-19-6-4-3-5-7-19/h3-11,16-17,22,25H,2,12-15,18H2,1H3. The summed E-state index contributed by atoms with van der Waals surface area (Å²) in [5, 5.41) is 5.37. The van der Waals surface area contributed by atoms with Crippen LogP contribution >= 0.6 is 0 Å². The summed E-state index contributed by atoms with van der Waals surface area (Å²) in [5.74, 6) is -0.196. The fourth-order valence-corrected chi connectivity index (χ4v) is 4.00. The van der Waals surface area contributed by atoms with E-state index in [-0.39, 0.29) is 17.8 Å². The minimum Gasteiger partial charge on any atom is -0.299 e. The molecule has 2 aromatic rings. The molecule has 1 saturated heterocycles. The largest absolute Gasteiger partial charge is 0.299 e. The van der Waals surface area contributed by atoms with E-state index in [1.165, 1.54) is 17.7 Å². The number of amides is 1. The number of hydrazine groups is 3. The monoisotopic (exact) mass is 409 g/mol. The topological polar surface area (TPSA) is 42.1 Å². The number of rotatable bonds is 6. The number of carbonyl (C=O) groups is 1. The number of hydrogen-bond donors (Lipinski definition) is 1. The predicted octanol–water partition coefficient (Wildman–Crippen LogP) is 3.66. The SMILES string of the molecule is CCC(=O)N(C1CCN(Cc2ccccc2)CC1)N1C=CN(c2ccc(F)cc2)N1. The average Bonchev–Trinajstić information content (AvgIpc) is 3.26. The minimum absolute atomic E-state index is 0.0783. The molecule has 0 spiro atoms. The molecule has 0 unspecified atom stereocenters. The lowest BCUT2D eigenvalue weighted by Gasteiger charge is -2.42. The average molecular weight is 410 g/mol. The van der Waals surface area contributed by atoms with Crippen LogP contribution in [0.25, 0.3) is 0 Å². The van der Waals surface area contributed by atoms with E-state index in [1.54, 1.807) is 22.3 Å². The number of hydrogen-bond acceptors (Lipinski definition) is 5. The quantitative estimate of drug-likeness (QED) is 0.789. The summed E-state index contributed by atoms with van der Waals surface area (Å²) in [7, 11) is 0. The van der Waals surface area contributed by atoms with Gasteiger partial charge in [0.05, 0.1) is 17.9 Å². The summed E-state index contributed by atoms with van der Waals surface area (Å²) in [5.41, 5.74) is 5.33. The molecule has 6 nitrogen and oxygen atoms in total. The highest BCUT2D eigenvalue weighted by Gasteiger charge is 2.32. The van der Waals surface area contributed by atoms with E-state index >= 15 is 0 Å². The van der Waals surface area contributed by atoms with E-state index in [2.05, 4.69) is 34.7 Å². The van der Waals surface area contributed by atoms with Crippen molar-refractivity contribution in [3.05, 3.63) is 78.4 Å². The number of likely N-dealkylation sites (tertiary alicyclic amines) is 1. The molecule has 158 valence electrons. The predicted molar refractivity (Wildman–Crippen MR) is 115 cm³/mol. The molecule has 2 aliphatic rings. The van der Waals surface area contributed by atoms with Crippen molar-refractivity contribution in [3.8, 4) is 0 Å². The fourth-order valence-electron chi connectivity index (χ4n) is 4.00. The first kappa shape index (κ1) is 20.4. The Kier molecular flexibility index (Phi) is 6.30. The van der Waals surface area contributed by atoms with Crippen LogP contribution in [0.1, 0.15) is 31.7 Å². The molecule has 0 bridgehead atoms. The normalized spacial score (nSPS) is 17.5. The van der Waals surface area contributed by atoms with Crippen LogP contribution in [0.5, 0.6) is 0 Å². The molecule has 2 heterocycles. The van der Waals surface area contributed by atoms with Crippen LogP contribution in [0.4, 0.5) is 10.1 Å². The molecule has 30 heavy (non-hydrogen) atoms. The number of anilines is 1. The van der Waals surface area contributed by atoms with Gasteiger partial charge in [-0.2, -0.15) is 0 Å². The Bertz CT molecular complexity index is 865. The lowest BCUT2D eigenvalue weighted by atomic mass is 10.0. The Balaban J connectivity index is 1.38. The third-order valence-electron chi connectivity index (χ3n) is 5.61. The van der Waals surface area contributed by atoms with Crippen molar-refractivity contribution < 1.29 is 9.18 Å². The van der Waals surface area contributed by atoms with Crippen molar-refractivity contribution in [2.75, 3.05) is 18.1 Å². The van der Waals surface area contributed by atoms with Crippen LogP contribution in [0.3, 0.4) is 0 Å². The zero-order chi connectivity index (χ0) is 20.9. The lowest BCUT2D eigenvalue weighted by Crippen LogP contribution is -2.58. The lowest BCUT2D eigenvalue weighted by molar-refractivity contribution is -0.156. The molecule has 2 aromatic carbocycles. The minimum atomic E-state index is -0.274. The van der Waals surface area contributed by atoms with Crippen molar-refractivity contribution in [2.24, 2.45) is 0 Å². The molecule has 1 fully saturated rings. The fraction of sp³-hybridized carbons (Fsp3) is 0.348. The summed E-state index contributed by atoms with van der Waals surface area (Å²) >= 11 is 0. The summed E-state index contributed by atoms with van der Waals surface area (Å²) in [6.07, 6.45) is 5.95. The third kappa shape index (κ3) is 4.63. The maximum absolute atomic E-state index is 13.2. The number of piperidine rings is 1. The number of carbonyl (C=O) groups excluding carboxylic acids is 1. The van der Waals surface area contributed by atoms with E-state index in [0.717, 1.165) is 38.2 Å². The van der Waals surface area contributed by atoms with Crippen LogP contribution < -0.4 is 10.5 Å². The van der Waals surface area contributed by atoms with Gasteiger partial charge in [-0.1, -0.05) is 37.3 Å². The molecule has 0 saturated carbocycles. The van der Waals surface area contributed by atoms with Gasteiger partial charge in [0.1, 0.15) is 5.82 Å². The number of halogens is 1. The summed E-state index contributed by atoms with van der Waals surface area (Å²) in [6.45, 7) is 4.73. The molecule has 7 heteroatoms. The molecular weight excluding hydrogens is 381 g/mol. The van der Waals surface area contributed by atoms with Gasteiger partial charge >= 0.3 is 0 Å². The van der Waals surface area contributed by atoms with Gasteiger partial charge in [-0.25, -0.2) is 14.5 Å². The van der Waals surface area contributed by atoms with E-state index < -0.39 is 0 Å². The second kappa shape index (κ2) is 9.28. The van der Waals surface area contributed by atoms with Crippen molar-refractivity contribution in [3.63, 3.8) is 0 Å². The van der Waals surface area contributed by atoms with Crippen LogP contribution in [0.15, 0.2) is 67.0 Å². The zero-order valence-corrected chi connectivity index (χ0v) is 17.2. The molecule has 0 atom stereocenters. The van der Waals surface area contributed by atoms with E-state index in [1.807, 2.05) is 30.4 Å². The van der Waals surface area contributed by atoms with Gasteiger partial charge in [-0.15, -0.1) is 5.53 Å². The van der Waals surface area contributed by atoms with Gasteiger partial charge in [0.25, 0.3) is 0 Å². The zero-order valence-electron chi connectivity index (χ0n) is 17.2. The number of nitrogens with zero attached hydrogens (tertiary/aromatic N) is 4. The van der Waals surface area contributed by atoms with E-state index in [4.69, 9.17) is 0 Å². The van der Waals surface area contributed by atoms with Gasteiger partial charge < -0.3 is 0 Å². The Morgan fingerprint density at radius 1 is 1.07 bits per heavy atom. The van der Waals surface area contributed by atoms with E-state index in [0.29, 0.717) is 6.42 Å². The summed E-state index contributed by atoms with van der Waals surface area (Å²) in [4.78, 5) is 15.2. The Morgan fingerprint density at radius 3 is 2.43 bits per heavy atom. The van der Waals surface area contributed by atoms with Crippen molar-refractivity contribution >= 4 is 11.6 Å². The van der Waals surface area contributed by atoms with Crippen LogP contribution in [0, 0.1) is 5.82 Å². The Labute approximate surface area is 177 Å². The van der Waals surface area contributed by atoms with Crippen LogP contribution in [0.2, 0.25) is 0 Å². The second-order valence-corrected chi connectivity index (χ2v) is 7.67. The van der Waals surface area contributed by atoms with Gasteiger partial charge in [0, 0.05) is 32.3 Å². The molecule has 2 aliphatic heterocycles. The molecule has 0 aliphatic carbocycles. The molecular formula is C23H28FN5O. The first-order chi connectivity index (χ1) is 14.6. The molecule has 0 aromatic heterocycles. The van der Waals surface area contributed by atoms with Crippen LogP contribution in [-0.2, 0) is 11.3 Å². The maximum atomic E-state index is 13.2. The number of nitrogens with one attached hydrogen (secondary N) is 1. The number of benzene rings is 2. The molecule has 4 rings (SSSR count).